The zero-order valence-corrected chi connectivity index (χ0v) is 16.5. The molecule has 0 aliphatic rings. The van der Waals surface area contributed by atoms with Gasteiger partial charge in [0.05, 0.1) is 22.3 Å². The lowest BCUT2D eigenvalue weighted by Gasteiger charge is -2.11. The van der Waals surface area contributed by atoms with Gasteiger partial charge in [-0.1, -0.05) is 23.7 Å². The summed E-state index contributed by atoms with van der Waals surface area (Å²) in [5.41, 5.74) is -1.07. The van der Waals surface area contributed by atoms with E-state index in [2.05, 4.69) is 15.4 Å². The lowest BCUT2D eigenvalue weighted by Crippen LogP contribution is -2.23. The number of halogens is 4. The number of primary sulfonamides is 1. The molecular formula is C17H13ClF3N5O3S. The maximum Gasteiger partial charge on any atom is 0.417 e. The molecule has 0 saturated carbocycles. The third-order valence-electron chi connectivity index (χ3n) is 3.92. The fourth-order valence-corrected chi connectivity index (χ4v) is 3.21. The van der Waals surface area contributed by atoms with Gasteiger partial charge >= 0.3 is 6.18 Å². The van der Waals surface area contributed by atoms with Crippen LogP contribution in [0.25, 0.3) is 5.82 Å². The number of sulfonamides is 1. The van der Waals surface area contributed by atoms with E-state index in [1.165, 1.54) is 24.4 Å². The van der Waals surface area contributed by atoms with Crippen molar-refractivity contribution in [2.45, 2.75) is 17.6 Å². The van der Waals surface area contributed by atoms with Gasteiger partial charge in [0.15, 0.2) is 5.82 Å². The number of alkyl halides is 3. The first-order valence-corrected chi connectivity index (χ1v) is 10.1. The predicted molar refractivity (Wildman–Crippen MR) is 103 cm³/mol. The van der Waals surface area contributed by atoms with E-state index in [1.54, 1.807) is 6.07 Å². The number of anilines is 1. The highest BCUT2D eigenvalue weighted by atomic mass is 35.5. The normalized spacial score (nSPS) is 12.0. The van der Waals surface area contributed by atoms with E-state index in [0.717, 1.165) is 16.8 Å². The number of nitrogens with two attached hydrogens (primary N) is 1. The van der Waals surface area contributed by atoms with Gasteiger partial charge in [-0.05, 0) is 29.8 Å². The minimum Gasteiger partial charge on any atom is -0.378 e. The molecule has 0 atom stereocenters. The summed E-state index contributed by atoms with van der Waals surface area (Å²) in [4.78, 5) is 16.0. The Morgan fingerprint density at radius 1 is 1.17 bits per heavy atom. The maximum atomic E-state index is 12.6. The van der Waals surface area contributed by atoms with E-state index in [4.69, 9.17) is 16.7 Å². The van der Waals surface area contributed by atoms with Crippen molar-refractivity contribution in [1.82, 2.24) is 14.8 Å². The summed E-state index contributed by atoms with van der Waals surface area (Å²) in [5, 5.41) is 11.5. The van der Waals surface area contributed by atoms with Crippen LogP contribution in [0.3, 0.4) is 0 Å². The Bertz CT molecular complexity index is 1240. The lowest BCUT2D eigenvalue weighted by atomic mass is 10.2. The van der Waals surface area contributed by atoms with Gasteiger partial charge in [0.25, 0.3) is 5.56 Å². The van der Waals surface area contributed by atoms with E-state index in [9.17, 15) is 26.4 Å². The molecule has 3 rings (SSSR count). The van der Waals surface area contributed by atoms with Crippen molar-refractivity contribution in [1.29, 1.82) is 0 Å². The standard InChI is InChI=1S/C17H13ClF3N5O3S/c18-15-13(23-7-10-2-1-3-12(6-10)30(22,28)29)9-25-26(16(15)27)14-5-4-11(8-24-14)17(19,20)21/h1-6,8-9,23H,7H2,(H2,22,28,29). The third kappa shape index (κ3) is 4.78. The zero-order chi connectivity index (χ0) is 22.1. The van der Waals surface area contributed by atoms with Crippen molar-refractivity contribution in [3.63, 3.8) is 0 Å². The minimum absolute atomic E-state index is 0.0742. The van der Waals surface area contributed by atoms with E-state index in [-0.39, 0.29) is 28.0 Å². The molecule has 1 aromatic carbocycles. The first-order valence-electron chi connectivity index (χ1n) is 8.14. The second-order valence-electron chi connectivity index (χ2n) is 6.04. The van der Waals surface area contributed by atoms with Crippen LogP contribution in [0.1, 0.15) is 11.1 Å². The highest BCUT2D eigenvalue weighted by Gasteiger charge is 2.30. The van der Waals surface area contributed by atoms with E-state index >= 15 is 0 Å². The van der Waals surface area contributed by atoms with E-state index in [0.29, 0.717) is 11.8 Å². The summed E-state index contributed by atoms with van der Waals surface area (Å²) in [6.07, 6.45) is -2.77. The highest BCUT2D eigenvalue weighted by molar-refractivity contribution is 7.89. The van der Waals surface area contributed by atoms with Crippen molar-refractivity contribution in [2.24, 2.45) is 5.14 Å². The number of hydrogen-bond donors (Lipinski definition) is 2. The average molecular weight is 460 g/mol. The van der Waals surface area contributed by atoms with Gasteiger partial charge in [0.2, 0.25) is 10.0 Å². The summed E-state index contributed by atoms with van der Waals surface area (Å²) in [5.74, 6) is -0.137. The van der Waals surface area contributed by atoms with Crippen LogP contribution < -0.4 is 16.0 Å². The van der Waals surface area contributed by atoms with Gasteiger partial charge in [0.1, 0.15) is 5.02 Å². The van der Waals surface area contributed by atoms with Crippen molar-refractivity contribution in [3.05, 3.63) is 75.3 Å². The van der Waals surface area contributed by atoms with Crippen molar-refractivity contribution < 1.29 is 21.6 Å². The van der Waals surface area contributed by atoms with Gasteiger partial charge in [-0.3, -0.25) is 4.79 Å². The molecule has 158 valence electrons. The Balaban J connectivity index is 1.83. The molecular weight excluding hydrogens is 447 g/mol. The maximum absolute atomic E-state index is 12.6. The quantitative estimate of drug-likeness (QED) is 0.605. The first-order chi connectivity index (χ1) is 14.0. The summed E-state index contributed by atoms with van der Waals surface area (Å²) in [7, 11) is -3.87. The molecule has 3 N–H and O–H groups in total. The molecule has 2 aromatic heterocycles. The molecule has 13 heteroatoms. The Labute approximate surface area is 173 Å². The number of benzene rings is 1. The van der Waals surface area contributed by atoms with Crippen LogP contribution in [-0.4, -0.2) is 23.2 Å². The third-order valence-corrected chi connectivity index (χ3v) is 5.20. The molecule has 30 heavy (non-hydrogen) atoms. The number of hydrogen-bond acceptors (Lipinski definition) is 6. The molecule has 0 saturated heterocycles. The zero-order valence-electron chi connectivity index (χ0n) is 14.9. The molecule has 0 aliphatic carbocycles. The van der Waals surface area contributed by atoms with Gasteiger partial charge in [-0.2, -0.15) is 23.0 Å². The fraction of sp³-hybridized carbons (Fsp3) is 0.118. The topological polar surface area (TPSA) is 120 Å². The molecule has 0 aliphatic heterocycles. The monoisotopic (exact) mass is 459 g/mol. The number of pyridine rings is 1. The van der Waals surface area contributed by atoms with Gasteiger partial charge in [-0.15, -0.1) is 0 Å². The number of nitrogens with zero attached hydrogens (tertiary/aromatic N) is 3. The Morgan fingerprint density at radius 3 is 2.50 bits per heavy atom. The van der Waals surface area contributed by atoms with Crippen molar-refractivity contribution >= 4 is 27.3 Å². The van der Waals surface area contributed by atoms with Crippen LogP contribution in [0.4, 0.5) is 18.9 Å². The molecule has 0 spiro atoms. The van der Waals surface area contributed by atoms with Crippen molar-refractivity contribution in [2.75, 3.05) is 5.32 Å². The van der Waals surface area contributed by atoms with Gasteiger partial charge in [-0.25, -0.2) is 18.5 Å². The molecule has 0 amide bonds. The lowest BCUT2D eigenvalue weighted by molar-refractivity contribution is -0.137. The predicted octanol–water partition coefficient (Wildman–Crippen LogP) is 2.56. The minimum atomic E-state index is -4.56. The molecule has 0 radical (unpaired) electrons. The van der Waals surface area contributed by atoms with Crippen LogP contribution in [0, 0.1) is 0 Å². The average Bonchev–Trinajstić information content (AvgIpc) is 2.68. The number of rotatable bonds is 5. The Morgan fingerprint density at radius 2 is 1.90 bits per heavy atom. The number of aromatic nitrogens is 3. The number of nitrogens with one attached hydrogen (secondary N) is 1. The summed E-state index contributed by atoms with van der Waals surface area (Å²) < 4.78 is 61.5. The van der Waals surface area contributed by atoms with Crippen LogP contribution in [0.5, 0.6) is 0 Å². The van der Waals surface area contributed by atoms with Crippen LogP contribution >= 0.6 is 11.6 Å². The summed E-state index contributed by atoms with van der Waals surface area (Å²) >= 11 is 6.06. The second-order valence-corrected chi connectivity index (χ2v) is 7.98. The first kappa shape index (κ1) is 21.7. The van der Waals surface area contributed by atoms with Crippen molar-refractivity contribution in [3.8, 4) is 5.82 Å². The summed E-state index contributed by atoms with van der Waals surface area (Å²) in [6.45, 7) is 0.104. The molecule has 0 unspecified atom stereocenters. The van der Waals surface area contributed by atoms with Gasteiger partial charge in [0, 0.05) is 12.7 Å². The smallest absolute Gasteiger partial charge is 0.378 e. The SMILES string of the molecule is NS(=O)(=O)c1cccc(CNc2cnn(-c3ccc(C(F)(F)F)cn3)c(=O)c2Cl)c1. The van der Waals surface area contributed by atoms with Crippen LogP contribution in [-0.2, 0) is 22.7 Å². The Kier molecular flexibility index (Phi) is 5.83. The molecule has 2 heterocycles. The molecule has 8 nitrogen and oxygen atoms in total. The summed E-state index contributed by atoms with van der Waals surface area (Å²) in [6, 6.07) is 7.61. The molecule has 0 bridgehead atoms. The van der Waals surface area contributed by atoms with E-state index in [1.807, 2.05) is 0 Å². The van der Waals surface area contributed by atoms with Crippen LogP contribution in [0.2, 0.25) is 5.02 Å². The highest BCUT2D eigenvalue weighted by Crippen LogP contribution is 2.28. The molecule has 0 fully saturated rings. The largest absolute Gasteiger partial charge is 0.417 e. The van der Waals surface area contributed by atoms with Crippen LogP contribution in [0.15, 0.2) is 58.5 Å². The fourth-order valence-electron chi connectivity index (χ4n) is 2.43. The van der Waals surface area contributed by atoms with Gasteiger partial charge < -0.3 is 5.32 Å². The van der Waals surface area contributed by atoms with E-state index < -0.39 is 27.3 Å². The second kappa shape index (κ2) is 8.05. The molecule has 3 aromatic rings. The Hall–Kier alpha value is -2.96.